The van der Waals surface area contributed by atoms with E-state index in [0.717, 1.165) is 6.26 Å². The second kappa shape index (κ2) is 7.83. The third-order valence-corrected chi connectivity index (χ3v) is 3.59. The highest BCUT2D eigenvalue weighted by Gasteiger charge is 2.18. The summed E-state index contributed by atoms with van der Waals surface area (Å²) in [6.07, 6.45) is 1.13. The second-order valence-electron chi connectivity index (χ2n) is 5.69. The first-order chi connectivity index (χ1) is 13.4. The van der Waals surface area contributed by atoms with Crippen LogP contribution in [0.4, 0.5) is 0 Å². The number of methoxy groups -OCH3 is 1. The van der Waals surface area contributed by atoms with Gasteiger partial charge in [-0.15, -0.1) is 0 Å². The third-order valence-electron chi connectivity index (χ3n) is 3.59. The SMILES string of the molecule is COc1ccc(Oc2coc3cc(OC(C)=O)cc(OC(C)=O)c3c2=O)cc1. The summed E-state index contributed by atoms with van der Waals surface area (Å²) in [5.41, 5.74) is -0.482. The molecular formula is C20H16O8. The minimum atomic E-state index is -0.651. The fraction of sp³-hybridized carbons (Fsp3) is 0.150. The van der Waals surface area contributed by atoms with E-state index in [1.807, 2.05) is 0 Å². The third kappa shape index (κ3) is 4.12. The van der Waals surface area contributed by atoms with Crippen molar-refractivity contribution in [3.8, 4) is 28.7 Å². The zero-order chi connectivity index (χ0) is 20.3. The number of fused-ring (bicyclic) bond motifs is 1. The highest BCUT2D eigenvalue weighted by atomic mass is 16.5. The minimum absolute atomic E-state index is 0.0166. The molecule has 8 heteroatoms. The molecule has 0 radical (unpaired) electrons. The van der Waals surface area contributed by atoms with Gasteiger partial charge in [-0.1, -0.05) is 0 Å². The van der Waals surface area contributed by atoms with Gasteiger partial charge in [-0.2, -0.15) is 0 Å². The van der Waals surface area contributed by atoms with Crippen LogP contribution in [0.5, 0.6) is 28.7 Å². The van der Waals surface area contributed by atoms with Gasteiger partial charge in [0, 0.05) is 26.0 Å². The van der Waals surface area contributed by atoms with E-state index in [2.05, 4.69) is 0 Å². The monoisotopic (exact) mass is 384 g/mol. The summed E-state index contributed by atoms with van der Waals surface area (Å²) in [7, 11) is 1.54. The van der Waals surface area contributed by atoms with Gasteiger partial charge in [0.15, 0.2) is 0 Å². The van der Waals surface area contributed by atoms with Gasteiger partial charge < -0.3 is 23.4 Å². The molecule has 1 aromatic heterocycles. The topological polar surface area (TPSA) is 101 Å². The zero-order valence-corrected chi connectivity index (χ0v) is 15.3. The summed E-state index contributed by atoms with van der Waals surface area (Å²) in [4.78, 5) is 35.5. The number of hydrogen-bond acceptors (Lipinski definition) is 8. The van der Waals surface area contributed by atoms with Crippen molar-refractivity contribution >= 4 is 22.9 Å². The highest BCUT2D eigenvalue weighted by Crippen LogP contribution is 2.32. The van der Waals surface area contributed by atoms with Gasteiger partial charge in [0.05, 0.1) is 7.11 Å². The highest BCUT2D eigenvalue weighted by molar-refractivity contribution is 5.89. The summed E-state index contributed by atoms with van der Waals surface area (Å²) in [5.74, 6) is -0.340. The predicted octanol–water partition coefficient (Wildman–Crippen LogP) is 3.44. The van der Waals surface area contributed by atoms with E-state index in [0.29, 0.717) is 11.5 Å². The largest absolute Gasteiger partial charge is 0.497 e. The Morgan fingerprint density at radius 1 is 0.857 bits per heavy atom. The van der Waals surface area contributed by atoms with Crippen LogP contribution < -0.4 is 24.4 Å². The van der Waals surface area contributed by atoms with Crippen molar-refractivity contribution in [2.75, 3.05) is 7.11 Å². The van der Waals surface area contributed by atoms with E-state index in [4.69, 9.17) is 23.4 Å². The molecule has 3 aromatic rings. The van der Waals surface area contributed by atoms with Gasteiger partial charge in [0.25, 0.3) is 0 Å². The van der Waals surface area contributed by atoms with Crippen LogP contribution in [0.1, 0.15) is 13.8 Å². The minimum Gasteiger partial charge on any atom is -0.497 e. The maximum atomic E-state index is 12.9. The van der Waals surface area contributed by atoms with E-state index in [1.54, 1.807) is 24.3 Å². The van der Waals surface area contributed by atoms with E-state index in [1.165, 1.54) is 33.1 Å². The van der Waals surface area contributed by atoms with Gasteiger partial charge in [-0.3, -0.25) is 14.4 Å². The van der Waals surface area contributed by atoms with Crippen LogP contribution >= 0.6 is 0 Å². The molecule has 0 atom stereocenters. The quantitative estimate of drug-likeness (QED) is 0.487. The lowest BCUT2D eigenvalue weighted by Gasteiger charge is -2.10. The van der Waals surface area contributed by atoms with Crippen LogP contribution in [0.15, 0.2) is 51.9 Å². The fourth-order valence-electron chi connectivity index (χ4n) is 2.48. The molecule has 0 aliphatic carbocycles. The molecule has 0 unspecified atom stereocenters. The standard InChI is InChI=1S/C20H16O8/c1-11(21)26-15-8-16-19(17(9-15)27-12(2)22)20(23)18(10-25-16)28-14-6-4-13(24-3)5-7-14/h4-10H,1-3H3. The Kier molecular flexibility index (Phi) is 5.30. The summed E-state index contributed by atoms with van der Waals surface area (Å²) in [6.45, 7) is 2.40. The molecule has 0 amide bonds. The number of esters is 2. The average Bonchev–Trinajstić information content (AvgIpc) is 2.63. The van der Waals surface area contributed by atoms with Crippen LogP contribution in [-0.4, -0.2) is 19.0 Å². The molecule has 0 N–H and O–H groups in total. The molecule has 0 bridgehead atoms. The molecule has 3 rings (SSSR count). The first-order valence-electron chi connectivity index (χ1n) is 8.15. The van der Waals surface area contributed by atoms with Gasteiger partial charge in [-0.05, 0) is 24.3 Å². The van der Waals surface area contributed by atoms with Crippen molar-refractivity contribution in [2.45, 2.75) is 13.8 Å². The lowest BCUT2D eigenvalue weighted by atomic mass is 10.2. The second-order valence-corrected chi connectivity index (χ2v) is 5.69. The van der Waals surface area contributed by atoms with E-state index >= 15 is 0 Å². The van der Waals surface area contributed by atoms with Crippen molar-refractivity contribution < 1.29 is 33.0 Å². The molecule has 0 saturated heterocycles. The van der Waals surface area contributed by atoms with Crippen LogP contribution in [0.3, 0.4) is 0 Å². The molecule has 8 nitrogen and oxygen atoms in total. The molecular weight excluding hydrogens is 368 g/mol. The number of benzene rings is 2. The molecule has 0 fully saturated rings. The van der Waals surface area contributed by atoms with Crippen LogP contribution in [0, 0.1) is 0 Å². The summed E-state index contributed by atoms with van der Waals surface area (Å²) < 4.78 is 26.2. The summed E-state index contributed by atoms with van der Waals surface area (Å²) >= 11 is 0. The first kappa shape index (κ1) is 19.0. The van der Waals surface area contributed by atoms with E-state index in [-0.39, 0.29) is 28.2 Å². The molecule has 144 valence electrons. The fourth-order valence-corrected chi connectivity index (χ4v) is 2.48. The van der Waals surface area contributed by atoms with Gasteiger partial charge in [0.2, 0.25) is 11.2 Å². The number of carbonyl (C=O) groups excluding carboxylic acids is 2. The van der Waals surface area contributed by atoms with Crippen LogP contribution in [-0.2, 0) is 9.59 Å². The number of hydrogen-bond donors (Lipinski definition) is 0. The zero-order valence-electron chi connectivity index (χ0n) is 15.3. The molecule has 0 spiro atoms. The van der Waals surface area contributed by atoms with Crippen molar-refractivity contribution in [1.82, 2.24) is 0 Å². The average molecular weight is 384 g/mol. The Morgan fingerprint density at radius 2 is 1.50 bits per heavy atom. The van der Waals surface area contributed by atoms with Gasteiger partial charge in [0.1, 0.15) is 40.2 Å². The Morgan fingerprint density at radius 3 is 2.11 bits per heavy atom. The van der Waals surface area contributed by atoms with Crippen molar-refractivity contribution in [3.05, 3.63) is 52.9 Å². The van der Waals surface area contributed by atoms with Crippen molar-refractivity contribution in [3.63, 3.8) is 0 Å². The lowest BCUT2D eigenvalue weighted by Crippen LogP contribution is -2.10. The molecule has 0 aliphatic rings. The van der Waals surface area contributed by atoms with E-state index in [9.17, 15) is 14.4 Å². The van der Waals surface area contributed by atoms with Gasteiger partial charge >= 0.3 is 11.9 Å². The Hall–Kier alpha value is -3.81. The smallest absolute Gasteiger partial charge is 0.308 e. The summed E-state index contributed by atoms with van der Waals surface area (Å²) in [5, 5.41) is -0.0166. The normalized spacial score (nSPS) is 10.4. The molecule has 2 aromatic carbocycles. The van der Waals surface area contributed by atoms with Crippen molar-refractivity contribution in [1.29, 1.82) is 0 Å². The van der Waals surface area contributed by atoms with Crippen LogP contribution in [0.2, 0.25) is 0 Å². The Balaban J connectivity index is 2.08. The number of ether oxygens (including phenoxy) is 4. The van der Waals surface area contributed by atoms with Crippen molar-refractivity contribution in [2.24, 2.45) is 0 Å². The van der Waals surface area contributed by atoms with E-state index < -0.39 is 17.4 Å². The predicted molar refractivity (Wildman–Crippen MR) is 98.2 cm³/mol. The Bertz CT molecular complexity index is 1100. The molecule has 1 heterocycles. The Labute approximate surface area is 159 Å². The van der Waals surface area contributed by atoms with Crippen LogP contribution in [0.25, 0.3) is 11.0 Å². The molecule has 0 saturated carbocycles. The first-order valence-corrected chi connectivity index (χ1v) is 8.15. The summed E-state index contributed by atoms with van der Waals surface area (Å²) in [6, 6.07) is 9.21. The van der Waals surface area contributed by atoms with Gasteiger partial charge in [-0.25, -0.2) is 0 Å². The lowest BCUT2D eigenvalue weighted by molar-refractivity contribution is -0.132. The number of carbonyl (C=O) groups is 2. The molecule has 28 heavy (non-hydrogen) atoms. The number of rotatable bonds is 5. The molecule has 0 aliphatic heterocycles. The maximum absolute atomic E-state index is 12.9. The maximum Gasteiger partial charge on any atom is 0.308 e.